The van der Waals surface area contributed by atoms with Crippen molar-refractivity contribution in [3.8, 4) is 11.3 Å². The van der Waals surface area contributed by atoms with Gasteiger partial charge in [-0.15, -0.1) is 0 Å². The molecular formula is C22H23ClN8O5. The average Bonchev–Trinajstić information content (AvgIpc) is 3.38. The molecule has 0 radical (unpaired) electrons. The van der Waals surface area contributed by atoms with Crippen molar-refractivity contribution in [1.82, 2.24) is 15.0 Å². The standard InChI is InChI=1S/C22H23ClN8O5/c23-18-3-1-15(31(32)33)13-17(18)19-4-2-16(36-19)14-24-28-20-25-21(29-5-9-34-10-6-29)27-22(26-20)30-7-11-35-12-8-30/h1-4,13-14H,5-12H2,(H,25,26,27,28)/b24-14-. The van der Waals surface area contributed by atoms with E-state index in [4.69, 9.17) is 25.5 Å². The van der Waals surface area contributed by atoms with Crippen molar-refractivity contribution in [2.24, 2.45) is 5.10 Å². The van der Waals surface area contributed by atoms with Crippen molar-refractivity contribution in [2.45, 2.75) is 0 Å². The van der Waals surface area contributed by atoms with Gasteiger partial charge in [0, 0.05) is 43.9 Å². The van der Waals surface area contributed by atoms with Gasteiger partial charge in [0.25, 0.3) is 5.69 Å². The van der Waals surface area contributed by atoms with E-state index >= 15 is 0 Å². The molecule has 188 valence electrons. The topological polar surface area (TPSA) is 144 Å². The second kappa shape index (κ2) is 10.8. The molecule has 2 aliphatic rings. The van der Waals surface area contributed by atoms with Crippen molar-refractivity contribution < 1.29 is 18.8 Å². The highest BCUT2D eigenvalue weighted by Gasteiger charge is 2.21. The Morgan fingerprint density at radius 2 is 1.61 bits per heavy atom. The number of furan rings is 1. The molecule has 1 aromatic carbocycles. The molecule has 4 heterocycles. The number of rotatable bonds is 7. The Morgan fingerprint density at radius 3 is 2.22 bits per heavy atom. The molecule has 5 rings (SSSR count). The van der Waals surface area contributed by atoms with Crippen LogP contribution in [0, 0.1) is 10.1 Å². The summed E-state index contributed by atoms with van der Waals surface area (Å²) in [7, 11) is 0. The highest BCUT2D eigenvalue weighted by molar-refractivity contribution is 6.33. The van der Waals surface area contributed by atoms with Gasteiger partial charge in [-0.2, -0.15) is 20.1 Å². The van der Waals surface area contributed by atoms with Crippen molar-refractivity contribution in [1.29, 1.82) is 0 Å². The maximum Gasteiger partial charge on any atom is 0.270 e. The molecule has 0 atom stereocenters. The van der Waals surface area contributed by atoms with Gasteiger partial charge in [0.2, 0.25) is 17.8 Å². The lowest BCUT2D eigenvalue weighted by Crippen LogP contribution is -2.40. The molecule has 0 bridgehead atoms. The number of nitrogens with one attached hydrogen (secondary N) is 1. The number of benzene rings is 1. The number of nitro benzene ring substituents is 1. The lowest BCUT2D eigenvalue weighted by atomic mass is 10.1. The summed E-state index contributed by atoms with van der Waals surface area (Å²) < 4.78 is 16.6. The molecule has 2 aliphatic heterocycles. The smallest absolute Gasteiger partial charge is 0.270 e. The molecule has 36 heavy (non-hydrogen) atoms. The minimum Gasteiger partial charge on any atom is -0.455 e. The fraction of sp³-hybridized carbons (Fsp3) is 0.364. The Balaban J connectivity index is 1.34. The van der Waals surface area contributed by atoms with Crippen LogP contribution in [0.2, 0.25) is 5.02 Å². The predicted octanol–water partition coefficient (Wildman–Crippen LogP) is 2.81. The van der Waals surface area contributed by atoms with E-state index in [1.165, 1.54) is 24.4 Å². The van der Waals surface area contributed by atoms with E-state index in [1.54, 1.807) is 12.1 Å². The summed E-state index contributed by atoms with van der Waals surface area (Å²) >= 11 is 6.21. The first-order valence-corrected chi connectivity index (χ1v) is 11.7. The van der Waals surface area contributed by atoms with Gasteiger partial charge >= 0.3 is 0 Å². The molecule has 1 N–H and O–H groups in total. The van der Waals surface area contributed by atoms with E-state index in [1.807, 2.05) is 9.80 Å². The molecule has 0 aliphatic carbocycles. The first kappa shape index (κ1) is 23.9. The first-order valence-electron chi connectivity index (χ1n) is 11.3. The first-order chi connectivity index (χ1) is 17.6. The van der Waals surface area contributed by atoms with E-state index in [2.05, 4.69) is 25.5 Å². The molecule has 2 saturated heterocycles. The van der Waals surface area contributed by atoms with Gasteiger partial charge in [0.1, 0.15) is 11.5 Å². The van der Waals surface area contributed by atoms with Crippen LogP contribution in [-0.2, 0) is 9.47 Å². The number of nitro groups is 1. The van der Waals surface area contributed by atoms with Crippen molar-refractivity contribution in [3.63, 3.8) is 0 Å². The quantitative estimate of drug-likeness (QED) is 0.282. The number of halogens is 1. The van der Waals surface area contributed by atoms with Crippen molar-refractivity contribution >= 4 is 41.3 Å². The summed E-state index contributed by atoms with van der Waals surface area (Å²) in [6.45, 7) is 5.16. The fourth-order valence-corrected chi connectivity index (χ4v) is 3.96. The maximum absolute atomic E-state index is 11.1. The number of nitrogens with zero attached hydrogens (tertiary/aromatic N) is 7. The number of ether oxygens (including phenoxy) is 2. The lowest BCUT2D eigenvalue weighted by molar-refractivity contribution is -0.384. The summed E-state index contributed by atoms with van der Waals surface area (Å²) in [5.74, 6) is 2.18. The molecule has 0 saturated carbocycles. The minimum absolute atomic E-state index is 0.0790. The third kappa shape index (κ3) is 5.53. The van der Waals surface area contributed by atoms with E-state index in [-0.39, 0.29) is 11.6 Å². The summed E-state index contributed by atoms with van der Waals surface area (Å²) in [4.78, 5) is 28.4. The van der Waals surface area contributed by atoms with Crippen molar-refractivity contribution in [3.05, 3.63) is 51.2 Å². The number of anilines is 3. The third-order valence-electron chi connectivity index (χ3n) is 5.61. The predicted molar refractivity (Wildman–Crippen MR) is 133 cm³/mol. The van der Waals surface area contributed by atoms with E-state index < -0.39 is 4.92 Å². The maximum atomic E-state index is 11.1. The van der Waals surface area contributed by atoms with Gasteiger partial charge < -0.3 is 23.7 Å². The Bertz CT molecular complexity index is 1220. The van der Waals surface area contributed by atoms with Gasteiger partial charge in [-0.1, -0.05) is 11.6 Å². The molecule has 0 spiro atoms. The SMILES string of the molecule is O=[N+]([O-])c1ccc(Cl)c(-c2ccc(/C=N\Nc3nc(N4CCOCC4)nc(N4CCOCC4)n3)o2)c1. The van der Waals surface area contributed by atoms with Crippen molar-refractivity contribution in [2.75, 3.05) is 67.8 Å². The zero-order chi connectivity index (χ0) is 24.9. The van der Waals surface area contributed by atoms with Crippen LogP contribution in [-0.4, -0.2) is 78.7 Å². The summed E-state index contributed by atoms with van der Waals surface area (Å²) in [6, 6.07) is 7.52. The zero-order valence-electron chi connectivity index (χ0n) is 19.2. The van der Waals surface area contributed by atoms with Gasteiger partial charge in [-0.3, -0.25) is 10.1 Å². The number of hydrogen-bond donors (Lipinski definition) is 1. The van der Waals surface area contributed by atoms with Crippen LogP contribution >= 0.6 is 11.6 Å². The molecule has 14 heteroatoms. The molecule has 2 aromatic heterocycles. The monoisotopic (exact) mass is 514 g/mol. The number of non-ortho nitro benzene ring substituents is 1. The third-order valence-corrected chi connectivity index (χ3v) is 5.94. The summed E-state index contributed by atoms with van der Waals surface area (Å²) in [5.41, 5.74) is 3.19. The minimum atomic E-state index is -0.486. The Morgan fingerprint density at radius 1 is 0.972 bits per heavy atom. The van der Waals surface area contributed by atoms with Crippen LogP contribution in [0.4, 0.5) is 23.5 Å². The molecule has 2 fully saturated rings. The second-order valence-electron chi connectivity index (χ2n) is 7.95. The van der Waals surface area contributed by atoms with Crippen LogP contribution in [0.5, 0.6) is 0 Å². The zero-order valence-corrected chi connectivity index (χ0v) is 19.9. The highest BCUT2D eigenvalue weighted by Crippen LogP contribution is 2.32. The molecule has 3 aromatic rings. The van der Waals surface area contributed by atoms with Gasteiger partial charge in [-0.05, 0) is 18.2 Å². The number of hydrazone groups is 1. The van der Waals surface area contributed by atoms with Gasteiger partial charge in [0.05, 0.1) is 42.6 Å². The lowest BCUT2D eigenvalue weighted by Gasteiger charge is -2.30. The molecule has 0 unspecified atom stereocenters. The van der Waals surface area contributed by atoms with Gasteiger partial charge in [0.15, 0.2) is 0 Å². The van der Waals surface area contributed by atoms with Crippen LogP contribution in [0.25, 0.3) is 11.3 Å². The molecular weight excluding hydrogens is 492 g/mol. The normalized spacial score (nSPS) is 16.5. The Labute approximate surface area is 210 Å². The Kier molecular flexibility index (Phi) is 7.21. The molecule has 0 amide bonds. The van der Waals surface area contributed by atoms with E-state index in [0.29, 0.717) is 86.6 Å². The summed E-state index contributed by atoms with van der Waals surface area (Å²) in [6.07, 6.45) is 1.46. The van der Waals surface area contributed by atoms with Crippen LogP contribution in [0.3, 0.4) is 0 Å². The van der Waals surface area contributed by atoms with E-state index in [0.717, 1.165) is 0 Å². The fourth-order valence-electron chi connectivity index (χ4n) is 3.75. The largest absolute Gasteiger partial charge is 0.455 e. The Hall–Kier alpha value is -3.81. The molecule has 13 nitrogen and oxygen atoms in total. The van der Waals surface area contributed by atoms with Crippen LogP contribution < -0.4 is 15.2 Å². The number of aromatic nitrogens is 3. The average molecular weight is 515 g/mol. The van der Waals surface area contributed by atoms with Crippen LogP contribution in [0.15, 0.2) is 39.9 Å². The number of hydrogen-bond acceptors (Lipinski definition) is 12. The summed E-state index contributed by atoms with van der Waals surface area (Å²) in [5, 5.41) is 15.6. The highest BCUT2D eigenvalue weighted by atomic mass is 35.5. The van der Waals surface area contributed by atoms with Crippen LogP contribution in [0.1, 0.15) is 5.76 Å². The van der Waals surface area contributed by atoms with E-state index in [9.17, 15) is 10.1 Å². The second-order valence-corrected chi connectivity index (χ2v) is 8.36. The van der Waals surface area contributed by atoms with Gasteiger partial charge in [-0.25, -0.2) is 5.43 Å². The number of morpholine rings is 2.